The molecule has 1 aliphatic heterocycles. The van der Waals surface area contributed by atoms with E-state index < -0.39 is 17.5 Å². The summed E-state index contributed by atoms with van der Waals surface area (Å²) in [6, 6.07) is 9.58. The van der Waals surface area contributed by atoms with E-state index in [4.69, 9.17) is 9.47 Å². The minimum Gasteiger partial charge on any atom is -0.492 e. The fourth-order valence-electron chi connectivity index (χ4n) is 2.06. The largest absolute Gasteiger partial charge is 0.492 e. The monoisotopic (exact) mass is 272 g/mol. The summed E-state index contributed by atoms with van der Waals surface area (Å²) in [6.07, 6.45) is 5.40. The summed E-state index contributed by atoms with van der Waals surface area (Å²) in [5.41, 5.74) is -0.389. The first-order valence-electron chi connectivity index (χ1n) is 6.27. The minimum absolute atomic E-state index is 0.321. The van der Waals surface area contributed by atoms with Crippen LogP contribution >= 0.6 is 0 Å². The van der Waals surface area contributed by atoms with Gasteiger partial charge >= 0.3 is 5.97 Å². The number of allylic oxidation sites excluding steroid dienone is 1. The van der Waals surface area contributed by atoms with Gasteiger partial charge in [0, 0.05) is 6.08 Å². The lowest BCUT2D eigenvalue weighted by atomic mass is 9.78. The van der Waals surface area contributed by atoms with Crippen molar-refractivity contribution in [3.8, 4) is 0 Å². The molecule has 0 spiro atoms. The SMILES string of the molecule is COC(=O)[C@]1(C)C(=O)C=CO[C@@H]1/C=C/c1ccccc1. The number of carbonyl (C=O) groups excluding carboxylic acids is 2. The molecule has 2 atom stereocenters. The average molecular weight is 272 g/mol. The van der Waals surface area contributed by atoms with Crippen molar-refractivity contribution >= 4 is 17.8 Å². The van der Waals surface area contributed by atoms with Crippen molar-refractivity contribution in [2.45, 2.75) is 13.0 Å². The van der Waals surface area contributed by atoms with Crippen molar-refractivity contribution in [3.63, 3.8) is 0 Å². The van der Waals surface area contributed by atoms with E-state index in [9.17, 15) is 9.59 Å². The summed E-state index contributed by atoms with van der Waals surface area (Å²) < 4.78 is 10.2. The van der Waals surface area contributed by atoms with Crippen LogP contribution in [-0.2, 0) is 19.1 Å². The normalized spacial score (nSPS) is 25.5. The van der Waals surface area contributed by atoms with E-state index in [1.807, 2.05) is 36.4 Å². The lowest BCUT2D eigenvalue weighted by Crippen LogP contribution is -2.48. The summed E-state index contributed by atoms with van der Waals surface area (Å²) >= 11 is 0. The van der Waals surface area contributed by atoms with Gasteiger partial charge in [0.2, 0.25) is 0 Å². The zero-order chi connectivity index (χ0) is 14.6. The molecule has 104 valence electrons. The summed E-state index contributed by atoms with van der Waals surface area (Å²) in [5, 5.41) is 0. The van der Waals surface area contributed by atoms with Crippen molar-refractivity contribution in [2.24, 2.45) is 5.41 Å². The molecule has 0 fully saturated rings. The molecule has 20 heavy (non-hydrogen) atoms. The van der Waals surface area contributed by atoms with Gasteiger partial charge in [0.05, 0.1) is 13.4 Å². The van der Waals surface area contributed by atoms with Gasteiger partial charge in [-0.15, -0.1) is 0 Å². The van der Waals surface area contributed by atoms with Crippen molar-refractivity contribution in [3.05, 3.63) is 54.3 Å². The second-order valence-electron chi connectivity index (χ2n) is 4.69. The summed E-state index contributed by atoms with van der Waals surface area (Å²) in [5.74, 6) is -0.923. The minimum atomic E-state index is -1.35. The number of rotatable bonds is 3. The number of ketones is 1. The summed E-state index contributed by atoms with van der Waals surface area (Å²) in [4.78, 5) is 24.0. The molecule has 0 aliphatic carbocycles. The Kier molecular flexibility index (Phi) is 4.03. The van der Waals surface area contributed by atoms with E-state index in [1.165, 1.54) is 26.4 Å². The maximum Gasteiger partial charge on any atom is 0.323 e. The smallest absolute Gasteiger partial charge is 0.323 e. The van der Waals surface area contributed by atoms with Crippen LogP contribution in [0.3, 0.4) is 0 Å². The maximum atomic E-state index is 12.0. The first kappa shape index (κ1) is 14.1. The van der Waals surface area contributed by atoms with Crippen LogP contribution in [0, 0.1) is 5.41 Å². The molecule has 0 radical (unpaired) electrons. The Morgan fingerprint density at radius 1 is 1.35 bits per heavy atom. The number of carbonyl (C=O) groups is 2. The highest BCUT2D eigenvalue weighted by Crippen LogP contribution is 2.32. The molecule has 0 aromatic heterocycles. The molecule has 1 aromatic rings. The van der Waals surface area contributed by atoms with E-state index in [0.717, 1.165) is 5.56 Å². The Morgan fingerprint density at radius 2 is 2.05 bits per heavy atom. The summed E-state index contributed by atoms with van der Waals surface area (Å²) in [7, 11) is 1.26. The third-order valence-corrected chi connectivity index (χ3v) is 3.40. The van der Waals surface area contributed by atoms with Crippen LogP contribution in [0.5, 0.6) is 0 Å². The molecule has 0 saturated carbocycles. The van der Waals surface area contributed by atoms with Gasteiger partial charge in [-0.05, 0) is 18.6 Å². The predicted octanol–water partition coefficient (Wildman–Crippen LogP) is 2.36. The number of hydrogen-bond acceptors (Lipinski definition) is 4. The quantitative estimate of drug-likeness (QED) is 0.626. The molecule has 0 bridgehead atoms. The first-order chi connectivity index (χ1) is 9.59. The third-order valence-electron chi connectivity index (χ3n) is 3.40. The van der Waals surface area contributed by atoms with E-state index in [0.29, 0.717) is 0 Å². The first-order valence-corrected chi connectivity index (χ1v) is 6.27. The highest BCUT2D eigenvalue weighted by molar-refractivity contribution is 6.10. The van der Waals surface area contributed by atoms with Crippen LogP contribution in [0.4, 0.5) is 0 Å². The standard InChI is InChI=1S/C16H16O4/c1-16(15(18)19-2)13(17)10-11-20-14(16)9-8-12-6-4-3-5-7-12/h3-11,14H,1-2H3/b9-8+/t14-,16-/m1/s1. The topological polar surface area (TPSA) is 52.6 Å². The van der Waals surface area contributed by atoms with Gasteiger partial charge < -0.3 is 9.47 Å². The lowest BCUT2D eigenvalue weighted by molar-refractivity contribution is -0.162. The Labute approximate surface area is 117 Å². The molecule has 0 saturated heterocycles. The van der Waals surface area contributed by atoms with E-state index in [-0.39, 0.29) is 5.78 Å². The Hall–Kier alpha value is -2.36. The maximum absolute atomic E-state index is 12.0. The van der Waals surface area contributed by atoms with Crippen LogP contribution in [0.1, 0.15) is 12.5 Å². The van der Waals surface area contributed by atoms with Gasteiger partial charge in [-0.1, -0.05) is 36.4 Å². The van der Waals surface area contributed by atoms with Gasteiger partial charge in [-0.2, -0.15) is 0 Å². The Bertz CT molecular complexity index is 559. The molecule has 0 N–H and O–H groups in total. The molecule has 1 aromatic carbocycles. The number of methoxy groups -OCH3 is 1. The van der Waals surface area contributed by atoms with Gasteiger partial charge in [-0.3, -0.25) is 9.59 Å². The fraction of sp³-hybridized carbons (Fsp3) is 0.250. The highest BCUT2D eigenvalue weighted by atomic mass is 16.5. The third kappa shape index (κ3) is 2.50. The second-order valence-corrected chi connectivity index (χ2v) is 4.69. The second kappa shape index (κ2) is 5.74. The number of esters is 1. The molecule has 0 unspecified atom stereocenters. The van der Waals surface area contributed by atoms with Gasteiger partial charge in [0.1, 0.15) is 6.10 Å². The highest BCUT2D eigenvalue weighted by Gasteiger charge is 2.50. The average Bonchev–Trinajstić information content (AvgIpc) is 2.49. The zero-order valence-electron chi connectivity index (χ0n) is 11.4. The molecule has 4 heteroatoms. The van der Waals surface area contributed by atoms with Gasteiger partial charge in [-0.25, -0.2) is 0 Å². The molecule has 0 amide bonds. The molecule has 2 rings (SSSR count). The van der Waals surface area contributed by atoms with Crippen LogP contribution in [-0.4, -0.2) is 25.0 Å². The molecular weight excluding hydrogens is 256 g/mol. The fourth-order valence-corrected chi connectivity index (χ4v) is 2.06. The molecule has 1 heterocycles. The van der Waals surface area contributed by atoms with Crippen molar-refractivity contribution in [1.82, 2.24) is 0 Å². The molecule has 1 aliphatic rings. The van der Waals surface area contributed by atoms with Gasteiger partial charge in [0.25, 0.3) is 0 Å². The van der Waals surface area contributed by atoms with Crippen molar-refractivity contribution < 1.29 is 19.1 Å². The van der Waals surface area contributed by atoms with Crippen molar-refractivity contribution in [2.75, 3.05) is 7.11 Å². The Morgan fingerprint density at radius 3 is 2.70 bits per heavy atom. The predicted molar refractivity (Wildman–Crippen MR) is 74.6 cm³/mol. The van der Waals surface area contributed by atoms with E-state index in [1.54, 1.807) is 6.08 Å². The number of benzene rings is 1. The number of ether oxygens (including phenoxy) is 2. The number of hydrogen-bond donors (Lipinski definition) is 0. The Balaban J connectivity index is 2.29. The van der Waals surface area contributed by atoms with Crippen LogP contribution < -0.4 is 0 Å². The molecule has 4 nitrogen and oxygen atoms in total. The van der Waals surface area contributed by atoms with E-state index >= 15 is 0 Å². The van der Waals surface area contributed by atoms with Crippen LogP contribution in [0.25, 0.3) is 6.08 Å². The zero-order valence-corrected chi connectivity index (χ0v) is 11.4. The van der Waals surface area contributed by atoms with Crippen molar-refractivity contribution in [1.29, 1.82) is 0 Å². The summed E-state index contributed by atoms with van der Waals surface area (Å²) in [6.45, 7) is 1.53. The lowest BCUT2D eigenvalue weighted by Gasteiger charge is -2.32. The molecular formula is C16H16O4. The van der Waals surface area contributed by atoms with Gasteiger partial charge in [0.15, 0.2) is 11.2 Å². The van der Waals surface area contributed by atoms with Crippen LogP contribution in [0.15, 0.2) is 48.7 Å². The van der Waals surface area contributed by atoms with Crippen LogP contribution in [0.2, 0.25) is 0 Å². The van der Waals surface area contributed by atoms with E-state index in [2.05, 4.69) is 0 Å².